The third kappa shape index (κ3) is 3.36. The van der Waals surface area contributed by atoms with Gasteiger partial charge in [0.25, 0.3) is 0 Å². The van der Waals surface area contributed by atoms with Crippen molar-refractivity contribution in [2.24, 2.45) is 0 Å². The zero-order valence-corrected chi connectivity index (χ0v) is 15.6. The lowest BCUT2D eigenvalue weighted by molar-refractivity contribution is -0.115. The number of carbonyl (C=O) groups is 1. The number of aryl methyl sites for hydroxylation is 1. The fourth-order valence-corrected chi connectivity index (χ4v) is 3.25. The number of rotatable bonds is 3. The number of benzene rings is 2. The summed E-state index contributed by atoms with van der Waals surface area (Å²) in [6, 6.07) is 7.88. The Balaban J connectivity index is 1.60. The van der Waals surface area contributed by atoms with Gasteiger partial charge in [-0.1, -0.05) is 11.6 Å². The molecule has 1 aliphatic heterocycles. The van der Waals surface area contributed by atoms with Gasteiger partial charge in [0.15, 0.2) is 11.5 Å². The third-order valence-electron chi connectivity index (χ3n) is 4.52. The Labute approximate surface area is 164 Å². The Kier molecular flexibility index (Phi) is 4.60. The van der Waals surface area contributed by atoms with E-state index in [1.165, 1.54) is 12.1 Å². The second-order valence-electron chi connectivity index (χ2n) is 6.38. The number of hydrogen-bond acceptors (Lipinski definition) is 6. The molecule has 0 saturated heterocycles. The lowest BCUT2D eigenvalue weighted by atomic mass is 10.0. The van der Waals surface area contributed by atoms with Gasteiger partial charge in [-0.2, -0.15) is 0 Å². The van der Waals surface area contributed by atoms with Crippen LogP contribution in [0.2, 0.25) is 5.02 Å². The Morgan fingerprint density at radius 2 is 1.93 bits per heavy atom. The summed E-state index contributed by atoms with van der Waals surface area (Å²) < 4.78 is 16.2. The quantitative estimate of drug-likeness (QED) is 0.652. The molecule has 0 unspecified atom stereocenters. The average Bonchev–Trinajstić information content (AvgIpc) is 2.67. The monoisotopic (exact) mass is 401 g/mol. The predicted octanol–water partition coefficient (Wildman–Crippen LogP) is 3.41. The van der Waals surface area contributed by atoms with Crippen molar-refractivity contribution >= 4 is 34.2 Å². The predicted molar refractivity (Wildman–Crippen MR) is 104 cm³/mol. The van der Waals surface area contributed by atoms with E-state index in [0.717, 1.165) is 0 Å². The maximum absolute atomic E-state index is 12.5. The summed E-state index contributed by atoms with van der Waals surface area (Å²) in [6.07, 6.45) is -0.170. The molecule has 8 heteroatoms. The normalized spacial score (nSPS) is 12.8. The van der Waals surface area contributed by atoms with Gasteiger partial charge < -0.3 is 24.3 Å². The number of fused-ring (bicyclic) bond motifs is 2. The first kappa shape index (κ1) is 18.2. The lowest BCUT2D eigenvalue weighted by Gasteiger charge is -2.19. The summed E-state index contributed by atoms with van der Waals surface area (Å²) in [5.74, 6) is 0.618. The Morgan fingerprint density at radius 3 is 2.71 bits per heavy atom. The molecule has 2 N–H and O–H groups in total. The van der Waals surface area contributed by atoms with E-state index in [9.17, 15) is 14.7 Å². The van der Waals surface area contributed by atoms with Gasteiger partial charge in [0.2, 0.25) is 5.91 Å². The maximum Gasteiger partial charge on any atom is 0.340 e. The van der Waals surface area contributed by atoms with Crippen molar-refractivity contribution in [3.05, 3.63) is 56.9 Å². The minimum Gasteiger partial charge on any atom is -0.506 e. The Morgan fingerprint density at radius 1 is 1.18 bits per heavy atom. The molecule has 0 saturated carbocycles. The fourth-order valence-electron chi connectivity index (χ4n) is 3.09. The molecule has 3 aromatic rings. The van der Waals surface area contributed by atoms with Crippen LogP contribution in [0.3, 0.4) is 0 Å². The number of hydrogen-bond donors (Lipinski definition) is 2. The molecule has 144 valence electrons. The van der Waals surface area contributed by atoms with Crippen molar-refractivity contribution in [1.29, 1.82) is 0 Å². The molecule has 0 fully saturated rings. The molecule has 0 atom stereocenters. The van der Waals surface area contributed by atoms with Gasteiger partial charge in [0.1, 0.15) is 24.5 Å². The van der Waals surface area contributed by atoms with Gasteiger partial charge >= 0.3 is 5.63 Å². The topological polar surface area (TPSA) is 98.0 Å². The van der Waals surface area contributed by atoms with Gasteiger partial charge in [-0.05, 0) is 30.7 Å². The molecule has 1 amide bonds. The number of ether oxygens (including phenoxy) is 2. The van der Waals surface area contributed by atoms with Gasteiger partial charge in [-0.15, -0.1) is 0 Å². The molecule has 28 heavy (non-hydrogen) atoms. The van der Waals surface area contributed by atoms with Crippen LogP contribution in [0.4, 0.5) is 5.69 Å². The van der Waals surface area contributed by atoms with E-state index < -0.39 is 5.63 Å². The molecular weight excluding hydrogens is 386 g/mol. The number of anilines is 1. The van der Waals surface area contributed by atoms with Crippen molar-refractivity contribution in [2.45, 2.75) is 13.3 Å². The summed E-state index contributed by atoms with van der Waals surface area (Å²) in [6.45, 7) is 2.64. The molecule has 7 nitrogen and oxygen atoms in total. The van der Waals surface area contributed by atoms with Crippen molar-refractivity contribution in [3.63, 3.8) is 0 Å². The van der Waals surface area contributed by atoms with Crippen molar-refractivity contribution in [1.82, 2.24) is 0 Å². The lowest BCUT2D eigenvalue weighted by Crippen LogP contribution is -2.21. The average molecular weight is 402 g/mol. The molecular formula is C20H16ClNO6. The molecule has 0 bridgehead atoms. The smallest absolute Gasteiger partial charge is 0.340 e. The Bertz CT molecular complexity index is 1150. The second kappa shape index (κ2) is 7.09. The summed E-state index contributed by atoms with van der Waals surface area (Å²) >= 11 is 5.95. The summed E-state index contributed by atoms with van der Waals surface area (Å²) in [5, 5.41) is 13.1. The highest BCUT2D eigenvalue weighted by Crippen LogP contribution is 2.33. The molecule has 1 aromatic heterocycles. The van der Waals surface area contributed by atoms with Crippen LogP contribution in [0.5, 0.6) is 17.2 Å². The number of phenols is 1. The van der Waals surface area contributed by atoms with Crippen LogP contribution in [-0.2, 0) is 11.2 Å². The summed E-state index contributed by atoms with van der Waals surface area (Å²) in [4.78, 5) is 24.8. The van der Waals surface area contributed by atoms with Crippen molar-refractivity contribution < 1.29 is 23.8 Å². The van der Waals surface area contributed by atoms with Crippen LogP contribution in [0, 0.1) is 6.92 Å². The van der Waals surface area contributed by atoms with Crippen molar-refractivity contribution in [3.8, 4) is 17.2 Å². The SMILES string of the molecule is Cc1c(CC(=O)Nc2ccc3c(c2)OCCO3)c(=O)oc2cc(O)c(Cl)cc12. The largest absolute Gasteiger partial charge is 0.506 e. The van der Waals surface area contributed by atoms with Gasteiger partial charge in [0, 0.05) is 23.2 Å². The van der Waals surface area contributed by atoms with E-state index in [-0.39, 0.29) is 34.2 Å². The number of phenolic OH excluding ortho intramolecular Hbond substituents is 1. The van der Waals surface area contributed by atoms with Crippen LogP contribution >= 0.6 is 11.6 Å². The number of aromatic hydroxyl groups is 1. The summed E-state index contributed by atoms with van der Waals surface area (Å²) in [7, 11) is 0. The van der Waals surface area contributed by atoms with Crippen LogP contribution in [-0.4, -0.2) is 24.2 Å². The van der Waals surface area contributed by atoms with E-state index in [1.807, 2.05) is 0 Å². The highest BCUT2D eigenvalue weighted by atomic mass is 35.5. The van der Waals surface area contributed by atoms with Gasteiger partial charge in [-0.3, -0.25) is 4.79 Å². The van der Waals surface area contributed by atoms with Crippen LogP contribution < -0.4 is 20.4 Å². The van der Waals surface area contributed by atoms with Crippen LogP contribution in [0.15, 0.2) is 39.5 Å². The van der Waals surface area contributed by atoms with E-state index in [1.54, 1.807) is 25.1 Å². The highest BCUT2D eigenvalue weighted by Gasteiger charge is 2.18. The zero-order valence-electron chi connectivity index (χ0n) is 14.9. The van der Waals surface area contributed by atoms with E-state index >= 15 is 0 Å². The number of amides is 1. The van der Waals surface area contributed by atoms with E-state index in [2.05, 4.69) is 5.32 Å². The molecule has 0 spiro atoms. The van der Waals surface area contributed by atoms with E-state index in [4.69, 9.17) is 25.5 Å². The fraction of sp³-hybridized carbons (Fsp3) is 0.200. The molecule has 0 aliphatic carbocycles. The molecule has 0 radical (unpaired) electrons. The highest BCUT2D eigenvalue weighted by molar-refractivity contribution is 6.32. The first-order valence-electron chi connectivity index (χ1n) is 8.56. The van der Waals surface area contributed by atoms with E-state index in [0.29, 0.717) is 41.3 Å². The molecule has 1 aliphatic rings. The molecule has 2 aromatic carbocycles. The Hall–Kier alpha value is -3.19. The number of halogens is 1. The minimum atomic E-state index is -0.635. The molecule has 4 rings (SSSR count). The standard InChI is InChI=1S/C20H16ClNO6/c1-10-12-7-14(21)15(23)9-17(12)28-20(25)13(10)8-19(24)22-11-2-3-16-18(6-11)27-5-4-26-16/h2-3,6-7,9,23H,4-5,8H2,1H3,(H,22,24). The third-order valence-corrected chi connectivity index (χ3v) is 4.82. The first-order chi connectivity index (χ1) is 13.4. The summed E-state index contributed by atoms with van der Waals surface area (Å²) in [5.41, 5.74) is 0.907. The van der Waals surface area contributed by atoms with Gasteiger partial charge in [-0.25, -0.2) is 4.79 Å². The van der Waals surface area contributed by atoms with Crippen LogP contribution in [0.1, 0.15) is 11.1 Å². The van der Waals surface area contributed by atoms with Crippen molar-refractivity contribution in [2.75, 3.05) is 18.5 Å². The first-order valence-corrected chi connectivity index (χ1v) is 8.94. The minimum absolute atomic E-state index is 0.135. The van der Waals surface area contributed by atoms with Gasteiger partial charge in [0.05, 0.1) is 17.0 Å². The van der Waals surface area contributed by atoms with Crippen LogP contribution in [0.25, 0.3) is 11.0 Å². The number of carbonyl (C=O) groups excluding carboxylic acids is 1. The molecule has 2 heterocycles. The zero-order chi connectivity index (χ0) is 19.8. The number of nitrogens with one attached hydrogen (secondary N) is 1. The second-order valence-corrected chi connectivity index (χ2v) is 6.78. The maximum atomic E-state index is 12.5.